The van der Waals surface area contributed by atoms with Crippen molar-refractivity contribution in [3.05, 3.63) is 72.8 Å². The van der Waals surface area contributed by atoms with Gasteiger partial charge in [-0.3, -0.25) is 9.44 Å². The van der Waals surface area contributed by atoms with Crippen molar-refractivity contribution in [3.63, 3.8) is 0 Å². The summed E-state index contributed by atoms with van der Waals surface area (Å²) in [5.41, 5.74) is 0.206. The lowest BCUT2D eigenvalue weighted by molar-refractivity contribution is 0.353. The minimum atomic E-state index is -4.03. The number of aromatic nitrogens is 2. The molecule has 1 aromatic heterocycles. The van der Waals surface area contributed by atoms with Gasteiger partial charge < -0.3 is 9.47 Å². The molecule has 10 nitrogen and oxygen atoms in total. The van der Waals surface area contributed by atoms with E-state index in [1.165, 1.54) is 50.6 Å². The Labute approximate surface area is 196 Å². The van der Waals surface area contributed by atoms with Gasteiger partial charge in [0.15, 0.2) is 5.82 Å². The van der Waals surface area contributed by atoms with Crippen molar-refractivity contribution in [1.82, 2.24) is 9.97 Å². The lowest BCUT2D eigenvalue weighted by atomic mass is 10.1. The van der Waals surface area contributed by atoms with Crippen LogP contribution in [0.4, 0.5) is 11.5 Å². The normalized spacial score (nSPS) is 11.7. The Balaban J connectivity index is 1.54. The first-order valence-corrected chi connectivity index (χ1v) is 12.8. The third-order valence-electron chi connectivity index (χ3n) is 4.76. The van der Waals surface area contributed by atoms with Crippen LogP contribution >= 0.6 is 0 Å². The van der Waals surface area contributed by atoms with Gasteiger partial charge in [0.05, 0.1) is 24.0 Å². The van der Waals surface area contributed by atoms with Crippen LogP contribution in [0.5, 0.6) is 11.9 Å². The van der Waals surface area contributed by atoms with E-state index in [4.69, 9.17) is 9.47 Å². The summed E-state index contributed by atoms with van der Waals surface area (Å²) in [7, 11) is -5.19. The van der Waals surface area contributed by atoms with E-state index in [-0.39, 0.29) is 33.2 Å². The number of benzene rings is 3. The first-order chi connectivity index (χ1) is 16.2. The maximum Gasteiger partial charge on any atom is 0.321 e. The van der Waals surface area contributed by atoms with Crippen LogP contribution in [0.1, 0.15) is 0 Å². The van der Waals surface area contributed by atoms with Crippen LogP contribution in [0.25, 0.3) is 10.8 Å². The maximum absolute atomic E-state index is 12.8. The number of nitrogens with zero attached hydrogens (tertiary/aromatic N) is 2. The van der Waals surface area contributed by atoms with E-state index in [2.05, 4.69) is 19.4 Å². The Morgan fingerprint density at radius 1 is 0.676 bits per heavy atom. The number of hydrogen-bond donors (Lipinski definition) is 2. The number of fused-ring (bicyclic) bond motifs is 1. The Hall–Kier alpha value is -3.90. The fourth-order valence-electron chi connectivity index (χ4n) is 3.10. The van der Waals surface area contributed by atoms with Crippen LogP contribution in [0.3, 0.4) is 0 Å². The van der Waals surface area contributed by atoms with E-state index >= 15 is 0 Å². The lowest BCUT2D eigenvalue weighted by Crippen LogP contribution is -2.15. The van der Waals surface area contributed by atoms with Gasteiger partial charge in [0.25, 0.3) is 20.0 Å². The summed E-state index contributed by atoms with van der Waals surface area (Å²) >= 11 is 0. The SMILES string of the molecule is COc1cc(NS(=O)(=O)c2ccc(NS(=O)(=O)c3ccc4ccccc4c3)cc2)nc(OC)n1. The summed E-state index contributed by atoms with van der Waals surface area (Å²) in [6, 6.07) is 18.7. The van der Waals surface area contributed by atoms with Crippen LogP contribution in [-0.2, 0) is 20.0 Å². The highest BCUT2D eigenvalue weighted by atomic mass is 32.2. The van der Waals surface area contributed by atoms with Gasteiger partial charge in [-0.05, 0) is 47.2 Å². The zero-order valence-corrected chi connectivity index (χ0v) is 19.7. The van der Waals surface area contributed by atoms with Crippen molar-refractivity contribution in [1.29, 1.82) is 0 Å². The number of ether oxygens (including phenoxy) is 2. The molecule has 34 heavy (non-hydrogen) atoms. The van der Waals surface area contributed by atoms with E-state index in [1.807, 2.05) is 24.3 Å². The molecule has 0 spiro atoms. The largest absolute Gasteiger partial charge is 0.481 e. The van der Waals surface area contributed by atoms with Crippen molar-refractivity contribution in [2.24, 2.45) is 0 Å². The maximum atomic E-state index is 12.8. The highest BCUT2D eigenvalue weighted by Crippen LogP contribution is 2.24. The number of rotatable bonds is 8. The predicted molar refractivity (Wildman–Crippen MR) is 127 cm³/mol. The van der Waals surface area contributed by atoms with E-state index in [9.17, 15) is 16.8 Å². The summed E-state index contributed by atoms with van der Waals surface area (Å²) < 4.78 is 65.8. The fraction of sp³-hybridized carbons (Fsp3) is 0.0909. The molecule has 176 valence electrons. The number of sulfonamides is 2. The zero-order chi connectivity index (χ0) is 24.3. The molecule has 0 atom stereocenters. The molecule has 4 rings (SSSR count). The molecule has 0 fully saturated rings. The van der Waals surface area contributed by atoms with Crippen molar-refractivity contribution >= 4 is 42.3 Å². The van der Waals surface area contributed by atoms with Gasteiger partial charge >= 0.3 is 6.01 Å². The monoisotopic (exact) mass is 500 g/mol. The lowest BCUT2D eigenvalue weighted by Gasteiger charge is -2.11. The number of hydrogen-bond acceptors (Lipinski definition) is 8. The molecule has 12 heteroatoms. The van der Waals surface area contributed by atoms with E-state index in [1.54, 1.807) is 12.1 Å². The topological polar surface area (TPSA) is 137 Å². The van der Waals surface area contributed by atoms with Gasteiger partial charge in [-0.1, -0.05) is 30.3 Å². The van der Waals surface area contributed by atoms with Gasteiger partial charge in [0.1, 0.15) is 0 Å². The Morgan fingerprint density at radius 3 is 2.00 bits per heavy atom. The number of anilines is 2. The highest BCUT2D eigenvalue weighted by molar-refractivity contribution is 7.93. The van der Waals surface area contributed by atoms with Crippen LogP contribution in [0, 0.1) is 0 Å². The van der Waals surface area contributed by atoms with Crippen LogP contribution < -0.4 is 18.9 Å². The smallest absolute Gasteiger partial charge is 0.321 e. The highest BCUT2D eigenvalue weighted by Gasteiger charge is 2.19. The van der Waals surface area contributed by atoms with Crippen molar-refractivity contribution in [2.75, 3.05) is 23.7 Å². The summed E-state index contributed by atoms with van der Waals surface area (Å²) in [5, 5.41) is 1.71. The predicted octanol–water partition coefficient (Wildman–Crippen LogP) is 3.25. The van der Waals surface area contributed by atoms with E-state index in [0.29, 0.717) is 0 Å². The quantitative estimate of drug-likeness (QED) is 0.376. The van der Waals surface area contributed by atoms with Gasteiger partial charge in [0, 0.05) is 11.8 Å². The van der Waals surface area contributed by atoms with Crippen molar-refractivity contribution in [2.45, 2.75) is 9.79 Å². The van der Waals surface area contributed by atoms with Gasteiger partial charge in [0.2, 0.25) is 5.88 Å². The molecule has 0 unspecified atom stereocenters. The molecule has 0 aliphatic carbocycles. The van der Waals surface area contributed by atoms with Gasteiger partial charge in [-0.2, -0.15) is 9.97 Å². The van der Waals surface area contributed by atoms with Crippen molar-refractivity contribution in [3.8, 4) is 11.9 Å². The molecule has 4 aromatic rings. The average molecular weight is 501 g/mol. The van der Waals surface area contributed by atoms with Crippen LogP contribution in [-0.4, -0.2) is 41.0 Å². The minimum absolute atomic E-state index is 0.0511. The molecule has 2 N–H and O–H groups in total. The summed E-state index contributed by atoms with van der Waals surface area (Å²) in [5.74, 6) is 0.0628. The molecule has 0 saturated carbocycles. The second-order valence-electron chi connectivity index (χ2n) is 7.03. The Morgan fingerprint density at radius 2 is 1.32 bits per heavy atom. The standard InChI is InChI=1S/C22H20N4O6S2/c1-31-21-14-20(23-22(24-21)32-2)26-33(27,28)18-11-8-17(9-12-18)25-34(29,30)19-10-7-15-5-3-4-6-16(15)13-19/h3-14,25H,1-2H3,(H,23,24,26). The molecule has 0 aliphatic rings. The molecular formula is C22H20N4O6S2. The molecular weight excluding hydrogens is 480 g/mol. The van der Waals surface area contributed by atoms with Crippen LogP contribution in [0.2, 0.25) is 0 Å². The molecule has 0 bridgehead atoms. The first kappa shape index (κ1) is 23.3. The van der Waals surface area contributed by atoms with Gasteiger partial charge in [-0.15, -0.1) is 0 Å². The fourth-order valence-corrected chi connectivity index (χ4v) is 5.18. The summed E-state index contributed by atoms with van der Waals surface area (Å²) in [6.07, 6.45) is 0. The molecule has 0 radical (unpaired) electrons. The third kappa shape index (κ3) is 5.02. The summed E-state index contributed by atoms with van der Waals surface area (Å²) in [4.78, 5) is 7.84. The second-order valence-corrected chi connectivity index (χ2v) is 10.4. The molecule has 0 amide bonds. The Kier molecular flexibility index (Phi) is 6.26. The molecule has 0 saturated heterocycles. The molecule has 0 aliphatic heterocycles. The third-order valence-corrected chi connectivity index (χ3v) is 7.51. The minimum Gasteiger partial charge on any atom is -0.481 e. The first-order valence-electron chi connectivity index (χ1n) is 9.82. The second kappa shape index (κ2) is 9.15. The Bertz CT molecular complexity index is 1530. The van der Waals surface area contributed by atoms with Crippen LogP contribution in [0.15, 0.2) is 82.6 Å². The average Bonchev–Trinajstić information content (AvgIpc) is 2.83. The summed E-state index contributed by atoms with van der Waals surface area (Å²) in [6.45, 7) is 0. The van der Waals surface area contributed by atoms with Gasteiger partial charge in [-0.25, -0.2) is 16.8 Å². The number of nitrogens with one attached hydrogen (secondary N) is 2. The van der Waals surface area contributed by atoms with E-state index < -0.39 is 20.0 Å². The van der Waals surface area contributed by atoms with E-state index in [0.717, 1.165) is 10.8 Å². The van der Waals surface area contributed by atoms with Crippen molar-refractivity contribution < 1.29 is 26.3 Å². The number of methoxy groups -OCH3 is 2. The molecule has 3 aromatic carbocycles. The zero-order valence-electron chi connectivity index (χ0n) is 18.1. The molecule has 1 heterocycles.